The summed E-state index contributed by atoms with van der Waals surface area (Å²) in [7, 11) is 1.62. The summed E-state index contributed by atoms with van der Waals surface area (Å²) >= 11 is 0. The van der Waals surface area contributed by atoms with Crippen LogP contribution in [0.2, 0.25) is 0 Å². The van der Waals surface area contributed by atoms with Crippen molar-refractivity contribution in [3.05, 3.63) is 107 Å². The van der Waals surface area contributed by atoms with Crippen molar-refractivity contribution < 1.29 is 19.1 Å². The van der Waals surface area contributed by atoms with Gasteiger partial charge in [0.15, 0.2) is 0 Å². The number of hydrogen-bond acceptors (Lipinski definition) is 5. The smallest absolute Gasteiger partial charge is 0.266 e. The van der Waals surface area contributed by atoms with E-state index in [1.54, 1.807) is 66.6 Å². The second kappa shape index (κ2) is 8.67. The number of hydrogen-bond donors (Lipinski definition) is 1. The van der Waals surface area contributed by atoms with Gasteiger partial charge in [-0.15, -0.1) is 0 Å². The van der Waals surface area contributed by atoms with E-state index in [1.807, 2.05) is 24.3 Å². The highest BCUT2D eigenvalue weighted by atomic mass is 16.5. The van der Waals surface area contributed by atoms with E-state index < -0.39 is 11.8 Å². The van der Waals surface area contributed by atoms with Crippen LogP contribution in [0, 0.1) is 0 Å². The summed E-state index contributed by atoms with van der Waals surface area (Å²) in [6, 6.07) is 20.7. The molecule has 0 radical (unpaired) electrons. The van der Waals surface area contributed by atoms with Crippen LogP contribution in [0.3, 0.4) is 0 Å². The van der Waals surface area contributed by atoms with E-state index in [1.165, 1.54) is 6.07 Å². The highest BCUT2D eigenvalue weighted by Crippen LogP contribution is 2.29. The fourth-order valence-electron chi connectivity index (χ4n) is 3.89. The lowest BCUT2D eigenvalue weighted by molar-refractivity contribution is 0.0924. The number of fused-ring (bicyclic) bond motifs is 1. The highest BCUT2D eigenvalue weighted by Gasteiger charge is 2.36. The maximum Gasteiger partial charge on any atom is 0.266 e. The monoisotopic (exact) mass is 452 g/mol. The molecule has 1 aromatic heterocycles. The van der Waals surface area contributed by atoms with Crippen LogP contribution >= 0.6 is 0 Å². The van der Waals surface area contributed by atoms with Gasteiger partial charge in [0.25, 0.3) is 17.7 Å². The van der Waals surface area contributed by atoms with Crippen molar-refractivity contribution in [3.8, 4) is 5.75 Å². The second-order valence-corrected chi connectivity index (χ2v) is 7.77. The van der Waals surface area contributed by atoms with Gasteiger partial charge in [0.1, 0.15) is 5.75 Å². The number of carbonyl (C=O) groups excluding carboxylic acids is 3. The van der Waals surface area contributed by atoms with Crippen molar-refractivity contribution in [2.75, 3.05) is 17.3 Å². The summed E-state index contributed by atoms with van der Waals surface area (Å²) in [5, 5.41) is 7.11. The van der Waals surface area contributed by atoms with Crippen molar-refractivity contribution in [1.29, 1.82) is 0 Å². The SMILES string of the molecule is COc1cccc(Cn2cc(NC(=O)c3cccc(N4C(=O)c5ccccc5C4=O)c3)cn2)c1. The minimum atomic E-state index is -0.406. The molecule has 168 valence electrons. The average Bonchev–Trinajstić information content (AvgIpc) is 3.40. The lowest BCUT2D eigenvalue weighted by Crippen LogP contribution is -2.29. The van der Waals surface area contributed by atoms with Crippen molar-refractivity contribution in [2.45, 2.75) is 6.54 Å². The number of amides is 3. The van der Waals surface area contributed by atoms with Gasteiger partial charge in [0.2, 0.25) is 0 Å². The fraction of sp³-hybridized carbons (Fsp3) is 0.0769. The van der Waals surface area contributed by atoms with Crippen LogP contribution < -0.4 is 15.0 Å². The van der Waals surface area contributed by atoms with Crippen molar-refractivity contribution in [2.24, 2.45) is 0 Å². The van der Waals surface area contributed by atoms with Gasteiger partial charge in [-0.2, -0.15) is 5.10 Å². The summed E-state index contributed by atoms with van der Waals surface area (Å²) < 4.78 is 6.95. The Kier molecular flexibility index (Phi) is 5.39. The predicted octanol–water partition coefficient (Wildman–Crippen LogP) is 3.99. The molecule has 0 spiro atoms. The summed E-state index contributed by atoms with van der Waals surface area (Å²) in [6.45, 7) is 0.516. The molecule has 0 aliphatic carbocycles. The molecule has 3 aromatic carbocycles. The lowest BCUT2D eigenvalue weighted by Gasteiger charge is -2.15. The number of nitrogens with one attached hydrogen (secondary N) is 1. The van der Waals surface area contributed by atoms with Crippen molar-refractivity contribution in [1.82, 2.24) is 9.78 Å². The first-order valence-electron chi connectivity index (χ1n) is 10.6. The number of imide groups is 1. The molecule has 8 heteroatoms. The molecule has 0 bridgehead atoms. The predicted molar refractivity (Wildman–Crippen MR) is 126 cm³/mol. The van der Waals surface area contributed by atoms with Crippen LogP contribution in [-0.4, -0.2) is 34.6 Å². The number of ether oxygens (including phenoxy) is 1. The van der Waals surface area contributed by atoms with Crippen LogP contribution in [0.4, 0.5) is 11.4 Å². The zero-order valence-electron chi connectivity index (χ0n) is 18.3. The fourth-order valence-corrected chi connectivity index (χ4v) is 3.89. The molecule has 4 aromatic rings. The van der Waals surface area contributed by atoms with Crippen LogP contribution in [0.5, 0.6) is 5.75 Å². The van der Waals surface area contributed by atoms with Crippen molar-refractivity contribution >= 4 is 29.1 Å². The number of rotatable bonds is 6. The molecule has 0 unspecified atom stereocenters. The minimum absolute atomic E-state index is 0.314. The standard InChI is InChI=1S/C26H20N4O4/c1-34-21-9-4-6-17(12-21)15-29-16-19(14-27-29)28-24(31)18-7-5-8-20(13-18)30-25(32)22-10-2-3-11-23(22)26(30)33/h2-14,16H,15H2,1H3,(H,28,31). The maximum atomic E-state index is 12.9. The van der Waals surface area contributed by atoms with Crippen LogP contribution in [0.1, 0.15) is 36.6 Å². The van der Waals surface area contributed by atoms with Gasteiger partial charge in [0, 0.05) is 11.8 Å². The molecular weight excluding hydrogens is 432 g/mol. The molecular formula is C26H20N4O4. The topological polar surface area (TPSA) is 93.5 Å². The van der Waals surface area contributed by atoms with E-state index in [0.717, 1.165) is 16.2 Å². The van der Waals surface area contributed by atoms with E-state index >= 15 is 0 Å². The van der Waals surface area contributed by atoms with E-state index in [2.05, 4.69) is 10.4 Å². The van der Waals surface area contributed by atoms with Gasteiger partial charge >= 0.3 is 0 Å². The average molecular weight is 452 g/mol. The number of aromatic nitrogens is 2. The Labute approximate surface area is 195 Å². The Morgan fingerprint density at radius 2 is 1.68 bits per heavy atom. The number of nitrogens with zero attached hydrogens (tertiary/aromatic N) is 3. The molecule has 1 aliphatic rings. The number of carbonyl (C=O) groups is 3. The molecule has 3 amide bonds. The zero-order chi connectivity index (χ0) is 23.7. The third kappa shape index (κ3) is 3.93. The first-order chi connectivity index (χ1) is 16.5. The third-order valence-electron chi connectivity index (χ3n) is 5.53. The van der Waals surface area contributed by atoms with Gasteiger partial charge in [-0.05, 0) is 48.0 Å². The first kappa shape index (κ1) is 21.1. The Morgan fingerprint density at radius 3 is 2.41 bits per heavy atom. The van der Waals surface area contributed by atoms with Gasteiger partial charge in [-0.3, -0.25) is 19.1 Å². The van der Waals surface area contributed by atoms with E-state index in [4.69, 9.17) is 4.74 Å². The van der Waals surface area contributed by atoms with E-state index in [9.17, 15) is 14.4 Å². The molecule has 5 rings (SSSR count). The molecule has 1 aliphatic heterocycles. The first-order valence-corrected chi connectivity index (χ1v) is 10.6. The van der Waals surface area contributed by atoms with Gasteiger partial charge in [-0.25, -0.2) is 4.90 Å². The van der Waals surface area contributed by atoms with Crippen LogP contribution in [0.15, 0.2) is 85.2 Å². The third-order valence-corrected chi connectivity index (χ3v) is 5.53. The normalized spacial score (nSPS) is 12.6. The Bertz CT molecular complexity index is 1390. The Morgan fingerprint density at radius 1 is 0.941 bits per heavy atom. The lowest BCUT2D eigenvalue weighted by atomic mass is 10.1. The molecule has 1 N–H and O–H groups in total. The van der Waals surface area contributed by atoms with Crippen LogP contribution in [0.25, 0.3) is 0 Å². The second-order valence-electron chi connectivity index (χ2n) is 7.77. The number of anilines is 2. The largest absolute Gasteiger partial charge is 0.497 e. The number of benzene rings is 3. The van der Waals surface area contributed by atoms with Crippen molar-refractivity contribution in [3.63, 3.8) is 0 Å². The molecule has 0 saturated heterocycles. The Balaban J connectivity index is 1.31. The minimum Gasteiger partial charge on any atom is -0.497 e. The van der Waals surface area contributed by atoms with Crippen LogP contribution in [-0.2, 0) is 6.54 Å². The molecule has 0 saturated carbocycles. The zero-order valence-corrected chi connectivity index (χ0v) is 18.3. The molecule has 0 atom stereocenters. The molecule has 0 fully saturated rings. The summed E-state index contributed by atoms with van der Waals surface area (Å²) in [5.41, 5.74) is 2.90. The summed E-state index contributed by atoms with van der Waals surface area (Å²) in [6.07, 6.45) is 3.29. The molecule has 34 heavy (non-hydrogen) atoms. The van der Waals surface area contributed by atoms with Gasteiger partial charge in [-0.1, -0.05) is 30.3 Å². The highest BCUT2D eigenvalue weighted by molar-refractivity contribution is 6.34. The quantitative estimate of drug-likeness (QED) is 0.447. The van der Waals surface area contributed by atoms with Gasteiger partial charge < -0.3 is 10.1 Å². The van der Waals surface area contributed by atoms with E-state index in [0.29, 0.717) is 34.6 Å². The molecule has 8 nitrogen and oxygen atoms in total. The summed E-state index contributed by atoms with van der Waals surface area (Å²) in [4.78, 5) is 39.5. The number of methoxy groups -OCH3 is 1. The van der Waals surface area contributed by atoms with E-state index in [-0.39, 0.29) is 5.91 Å². The Hall–Kier alpha value is -4.72. The molecule has 2 heterocycles. The van der Waals surface area contributed by atoms with Gasteiger partial charge in [0.05, 0.1) is 42.4 Å². The summed E-state index contributed by atoms with van der Waals surface area (Å²) in [5.74, 6) is -0.426. The maximum absolute atomic E-state index is 12.9.